The Morgan fingerprint density at radius 2 is 1.84 bits per heavy atom. The van der Waals surface area contributed by atoms with Crippen LogP contribution in [-0.4, -0.2) is 35.1 Å². The van der Waals surface area contributed by atoms with Crippen LogP contribution in [0.3, 0.4) is 0 Å². The fourth-order valence-electron chi connectivity index (χ4n) is 3.80. The van der Waals surface area contributed by atoms with Crippen molar-refractivity contribution in [2.75, 3.05) is 0 Å². The van der Waals surface area contributed by atoms with Gasteiger partial charge in [0, 0.05) is 51.2 Å². The van der Waals surface area contributed by atoms with Gasteiger partial charge in [-0.3, -0.25) is 15.1 Å². The molecule has 0 radical (unpaired) electrons. The zero-order valence-electron chi connectivity index (χ0n) is 16.8. The zero-order chi connectivity index (χ0) is 20.9. The molecule has 31 heavy (non-hydrogen) atoms. The number of rotatable bonds is 3. The molecule has 0 aliphatic carbocycles. The van der Waals surface area contributed by atoms with Gasteiger partial charge in [0.05, 0.1) is 17.1 Å². The maximum absolute atomic E-state index is 4.91. The second-order valence-electron chi connectivity index (χ2n) is 7.46. The van der Waals surface area contributed by atoms with Crippen molar-refractivity contribution < 1.29 is 0 Å². The van der Waals surface area contributed by atoms with Gasteiger partial charge in [0.15, 0.2) is 11.5 Å². The van der Waals surface area contributed by atoms with Gasteiger partial charge in [-0.15, -0.1) is 11.3 Å². The van der Waals surface area contributed by atoms with E-state index in [2.05, 4.69) is 62.2 Å². The molecule has 0 unspecified atom stereocenters. The standard InChI is InChI=1S/C23H17N7S/c1-12-5-6-24-9-16(12)14-7-15-21(29-30-22(15)26-8-14)23-27-18-11-25-10-17(20(18)28-23)19-4-3-13(2)31-19/h3-11H,1-2H3,(H,27,28)(H,26,29,30). The van der Waals surface area contributed by atoms with Crippen molar-refractivity contribution in [1.29, 1.82) is 0 Å². The predicted octanol–water partition coefficient (Wildman–Crippen LogP) is 5.30. The van der Waals surface area contributed by atoms with E-state index in [0.717, 1.165) is 49.2 Å². The minimum atomic E-state index is 0.646. The highest BCUT2D eigenvalue weighted by Crippen LogP contribution is 2.34. The Kier molecular flexibility index (Phi) is 3.94. The topological polar surface area (TPSA) is 96.0 Å². The maximum atomic E-state index is 4.91. The summed E-state index contributed by atoms with van der Waals surface area (Å²) < 4.78 is 0. The molecule has 0 aliphatic heterocycles. The molecule has 150 valence electrons. The Bertz CT molecular complexity index is 1570. The van der Waals surface area contributed by atoms with Crippen molar-refractivity contribution >= 4 is 33.4 Å². The van der Waals surface area contributed by atoms with Gasteiger partial charge in [0.2, 0.25) is 0 Å². The smallest absolute Gasteiger partial charge is 0.181 e. The quantitative estimate of drug-likeness (QED) is 0.402. The number of imidazole rings is 1. The third-order valence-electron chi connectivity index (χ3n) is 5.40. The first-order valence-corrected chi connectivity index (χ1v) is 10.6. The van der Waals surface area contributed by atoms with Crippen molar-refractivity contribution in [2.45, 2.75) is 13.8 Å². The van der Waals surface area contributed by atoms with Gasteiger partial charge < -0.3 is 4.98 Å². The van der Waals surface area contributed by atoms with Crippen LogP contribution in [0.5, 0.6) is 0 Å². The van der Waals surface area contributed by atoms with Crippen molar-refractivity contribution in [3.63, 3.8) is 0 Å². The van der Waals surface area contributed by atoms with E-state index in [1.807, 2.05) is 24.7 Å². The Labute approximate surface area is 181 Å². The number of thiophene rings is 1. The Hall–Kier alpha value is -3.91. The first kappa shape index (κ1) is 17.9. The lowest BCUT2D eigenvalue weighted by Crippen LogP contribution is -1.87. The van der Waals surface area contributed by atoms with E-state index in [1.54, 1.807) is 23.7 Å². The highest BCUT2D eigenvalue weighted by Gasteiger charge is 2.17. The third kappa shape index (κ3) is 2.91. The molecule has 0 fully saturated rings. The average molecular weight is 424 g/mol. The van der Waals surface area contributed by atoms with Gasteiger partial charge in [-0.2, -0.15) is 5.10 Å². The number of H-pyrrole nitrogens is 2. The van der Waals surface area contributed by atoms with E-state index in [0.29, 0.717) is 11.5 Å². The molecule has 6 heterocycles. The first-order valence-electron chi connectivity index (χ1n) is 9.83. The largest absolute Gasteiger partial charge is 0.335 e. The molecule has 0 atom stereocenters. The van der Waals surface area contributed by atoms with Crippen molar-refractivity contribution in [2.24, 2.45) is 0 Å². The number of nitrogens with zero attached hydrogens (tertiary/aromatic N) is 5. The summed E-state index contributed by atoms with van der Waals surface area (Å²) in [6, 6.07) is 8.31. The van der Waals surface area contributed by atoms with Crippen LogP contribution in [0.15, 0.2) is 55.2 Å². The Balaban J connectivity index is 1.52. The number of aryl methyl sites for hydroxylation is 2. The molecule has 7 nitrogen and oxygen atoms in total. The van der Waals surface area contributed by atoms with Crippen LogP contribution in [0.4, 0.5) is 0 Å². The van der Waals surface area contributed by atoms with Crippen LogP contribution >= 0.6 is 11.3 Å². The van der Waals surface area contributed by atoms with Crippen LogP contribution in [0, 0.1) is 13.8 Å². The summed E-state index contributed by atoms with van der Waals surface area (Å²) >= 11 is 1.74. The molecule has 6 rings (SSSR count). The number of aromatic amines is 2. The van der Waals surface area contributed by atoms with Crippen LogP contribution in [0.2, 0.25) is 0 Å². The monoisotopic (exact) mass is 423 g/mol. The molecule has 0 saturated heterocycles. The first-order chi connectivity index (χ1) is 15.2. The number of hydrogen-bond acceptors (Lipinski definition) is 6. The number of fused-ring (bicyclic) bond motifs is 2. The highest BCUT2D eigenvalue weighted by atomic mass is 32.1. The summed E-state index contributed by atoms with van der Waals surface area (Å²) in [4.78, 5) is 23.9. The predicted molar refractivity (Wildman–Crippen MR) is 123 cm³/mol. The SMILES string of the molecule is Cc1ccc(-c2cncc3[nH]c(-c4[nH]nc5ncc(-c6cnccc6C)cc45)nc23)s1. The van der Waals surface area contributed by atoms with Crippen molar-refractivity contribution in [3.05, 3.63) is 65.7 Å². The van der Waals surface area contributed by atoms with Gasteiger partial charge in [-0.25, -0.2) is 9.97 Å². The van der Waals surface area contributed by atoms with Gasteiger partial charge in [-0.05, 0) is 43.7 Å². The van der Waals surface area contributed by atoms with Crippen molar-refractivity contribution in [1.82, 2.24) is 35.1 Å². The lowest BCUT2D eigenvalue weighted by atomic mass is 10.0. The number of pyridine rings is 3. The maximum Gasteiger partial charge on any atom is 0.181 e. The molecule has 2 N–H and O–H groups in total. The summed E-state index contributed by atoms with van der Waals surface area (Å²) in [5.74, 6) is 0.710. The molecule has 0 spiro atoms. The molecule has 0 aliphatic rings. The number of hydrogen-bond donors (Lipinski definition) is 2. The Morgan fingerprint density at radius 1 is 0.935 bits per heavy atom. The number of nitrogens with one attached hydrogen (secondary N) is 2. The molecule has 6 aromatic rings. The average Bonchev–Trinajstić information content (AvgIpc) is 3.50. The summed E-state index contributed by atoms with van der Waals surface area (Å²) in [6.45, 7) is 4.17. The molecule has 0 aromatic carbocycles. The summed E-state index contributed by atoms with van der Waals surface area (Å²) in [6.07, 6.45) is 9.16. The third-order valence-corrected chi connectivity index (χ3v) is 6.43. The molecule has 0 amide bonds. The summed E-state index contributed by atoms with van der Waals surface area (Å²) in [5.41, 5.74) is 7.43. The molecule has 0 saturated carbocycles. The molecular formula is C23H17N7S. The zero-order valence-corrected chi connectivity index (χ0v) is 17.7. The fraction of sp³-hybridized carbons (Fsp3) is 0.0870. The lowest BCUT2D eigenvalue weighted by Gasteiger charge is -2.04. The van der Waals surface area contributed by atoms with Gasteiger partial charge in [-0.1, -0.05) is 0 Å². The second kappa shape index (κ2) is 6.82. The summed E-state index contributed by atoms with van der Waals surface area (Å²) in [5, 5.41) is 8.39. The van der Waals surface area contributed by atoms with Crippen LogP contribution in [0.1, 0.15) is 10.4 Å². The van der Waals surface area contributed by atoms with Gasteiger partial charge in [0.1, 0.15) is 11.2 Å². The minimum absolute atomic E-state index is 0.646. The van der Waals surface area contributed by atoms with Crippen molar-refractivity contribution in [3.8, 4) is 33.1 Å². The molecular weight excluding hydrogens is 406 g/mol. The van der Waals surface area contributed by atoms with E-state index < -0.39 is 0 Å². The van der Waals surface area contributed by atoms with E-state index in [1.165, 1.54) is 4.88 Å². The fourth-order valence-corrected chi connectivity index (χ4v) is 4.68. The summed E-state index contributed by atoms with van der Waals surface area (Å²) in [7, 11) is 0. The normalized spacial score (nSPS) is 11.5. The van der Waals surface area contributed by atoms with Gasteiger partial charge in [0.25, 0.3) is 0 Å². The van der Waals surface area contributed by atoms with E-state index in [4.69, 9.17) is 4.98 Å². The van der Waals surface area contributed by atoms with Crippen LogP contribution < -0.4 is 0 Å². The second-order valence-corrected chi connectivity index (χ2v) is 8.75. The molecule has 6 aromatic heterocycles. The minimum Gasteiger partial charge on any atom is -0.335 e. The van der Waals surface area contributed by atoms with E-state index in [-0.39, 0.29) is 0 Å². The van der Waals surface area contributed by atoms with E-state index >= 15 is 0 Å². The van der Waals surface area contributed by atoms with Gasteiger partial charge >= 0.3 is 0 Å². The molecule has 0 bridgehead atoms. The Morgan fingerprint density at radius 3 is 2.68 bits per heavy atom. The van der Waals surface area contributed by atoms with E-state index in [9.17, 15) is 0 Å². The van der Waals surface area contributed by atoms with Crippen LogP contribution in [-0.2, 0) is 0 Å². The lowest BCUT2D eigenvalue weighted by molar-refractivity contribution is 1.09. The van der Waals surface area contributed by atoms with Crippen LogP contribution in [0.25, 0.3) is 55.2 Å². The molecule has 8 heteroatoms. The number of aromatic nitrogens is 7. The highest BCUT2D eigenvalue weighted by molar-refractivity contribution is 7.15.